The second kappa shape index (κ2) is 9.06. The summed E-state index contributed by atoms with van der Waals surface area (Å²) in [6.45, 7) is 6.13. The average Bonchev–Trinajstić information content (AvgIpc) is 2.75. The molecule has 30 heavy (non-hydrogen) atoms. The summed E-state index contributed by atoms with van der Waals surface area (Å²) in [5.41, 5.74) is 4.74. The molecule has 0 heterocycles. The number of nitriles is 1. The van der Waals surface area contributed by atoms with Crippen molar-refractivity contribution in [3.05, 3.63) is 94.5 Å². The maximum absolute atomic E-state index is 12.9. The minimum absolute atomic E-state index is 0.265. The van der Waals surface area contributed by atoms with Gasteiger partial charge in [-0.3, -0.25) is 9.59 Å². The molecule has 0 aliphatic heterocycles. The molecule has 2 N–H and O–H groups in total. The van der Waals surface area contributed by atoms with Gasteiger partial charge in [0, 0.05) is 22.5 Å². The van der Waals surface area contributed by atoms with Gasteiger partial charge < -0.3 is 10.6 Å². The van der Waals surface area contributed by atoms with Gasteiger partial charge in [-0.1, -0.05) is 38.1 Å². The number of carbonyl (C=O) groups excluding carboxylic acids is 2. The Kier molecular flexibility index (Phi) is 6.29. The van der Waals surface area contributed by atoms with E-state index in [1.165, 1.54) is 0 Å². The number of carbonyl (C=O) groups is 2. The van der Waals surface area contributed by atoms with Crippen molar-refractivity contribution in [2.75, 3.05) is 10.6 Å². The fraction of sp³-hybridized carbons (Fsp3) is 0.160. The molecule has 5 heteroatoms. The number of para-hydroxylation sites is 1. The highest BCUT2D eigenvalue weighted by molar-refractivity contribution is 6.09. The summed E-state index contributed by atoms with van der Waals surface area (Å²) < 4.78 is 0. The number of hydrogen-bond donors (Lipinski definition) is 2. The van der Waals surface area contributed by atoms with Crippen LogP contribution in [0.5, 0.6) is 0 Å². The molecule has 0 fully saturated rings. The molecule has 2 amide bonds. The van der Waals surface area contributed by atoms with Crippen molar-refractivity contribution >= 4 is 23.2 Å². The van der Waals surface area contributed by atoms with Crippen LogP contribution in [0.3, 0.4) is 0 Å². The van der Waals surface area contributed by atoms with Crippen LogP contribution in [-0.4, -0.2) is 11.8 Å². The largest absolute Gasteiger partial charge is 0.322 e. The molecule has 0 bridgehead atoms. The van der Waals surface area contributed by atoms with Crippen molar-refractivity contribution < 1.29 is 9.59 Å². The van der Waals surface area contributed by atoms with E-state index in [9.17, 15) is 9.59 Å². The molecule has 0 spiro atoms. The summed E-state index contributed by atoms with van der Waals surface area (Å²) in [6, 6.07) is 21.2. The van der Waals surface area contributed by atoms with Crippen molar-refractivity contribution in [3.8, 4) is 6.07 Å². The fourth-order valence-electron chi connectivity index (χ4n) is 3.16. The molecule has 0 aliphatic carbocycles. The number of benzene rings is 3. The molecule has 3 rings (SSSR count). The number of rotatable bonds is 5. The van der Waals surface area contributed by atoms with Crippen LogP contribution >= 0.6 is 0 Å². The fourth-order valence-corrected chi connectivity index (χ4v) is 3.16. The van der Waals surface area contributed by atoms with Gasteiger partial charge in [-0.2, -0.15) is 5.26 Å². The van der Waals surface area contributed by atoms with Gasteiger partial charge >= 0.3 is 0 Å². The lowest BCUT2D eigenvalue weighted by atomic mass is 9.98. The third-order valence-electron chi connectivity index (χ3n) is 4.82. The maximum atomic E-state index is 12.9. The minimum atomic E-state index is -0.326. The highest BCUT2D eigenvalue weighted by Gasteiger charge is 2.15. The molecule has 150 valence electrons. The van der Waals surface area contributed by atoms with Gasteiger partial charge in [-0.05, 0) is 66.4 Å². The van der Waals surface area contributed by atoms with Crippen LogP contribution in [0.1, 0.15) is 57.2 Å². The predicted octanol–water partition coefficient (Wildman–Crippen LogP) is 5.49. The first-order valence-corrected chi connectivity index (χ1v) is 9.71. The van der Waals surface area contributed by atoms with E-state index in [1.807, 2.05) is 31.2 Å². The summed E-state index contributed by atoms with van der Waals surface area (Å²) in [7, 11) is 0. The van der Waals surface area contributed by atoms with Gasteiger partial charge in [0.1, 0.15) is 0 Å². The lowest BCUT2D eigenvalue weighted by Gasteiger charge is -2.16. The summed E-state index contributed by atoms with van der Waals surface area (Å²) in [4.78, 5) is 25.5. The van der Waals surface area contributed by atoms with E-state index < -0.39 is 0 Å². The first-order chi connectivity index (χ1) is 14.4. The molecule has 0 unspecified atom stereocenters. The van der Waals surface area contributed by atoms with Crippen LogP contribution in [0, 0.1) is 18.3 Å². The second-order valence-corrected chi connectivity index (χ2v) is 7.37. The molecular weight excluding hydrogens is 374 g/mol. The third kappa shape index (κ3) is 4.73. The SMILES string of the molecule is Cc1cccc(C(C)C)c1NC(=O)c1cccc(C(=O)Nc2ccc(C#N)cc2)c1. The lowest BCUT2D eigenvalue weighted by molar-refractivity contribution is 0.102. The van der Waals surface area contributed by atoms with Crippen LogP contribution in [0.15, 0.2) is 66.7 Å². The Morgan fingerprint density at radius 2 is 1.47 bits per heavy atom. The Balaban J connectivity index is 1.79. The zero-order valence-corrected chi connectivity index (χ0v) is 17.2. The number of aryl methyl sites for hydroxylation is 1. The van der Waals surface area contributed by atoms with Crippen LogP contribution in [0.2, 0.25) is 0 Å². The first-order valence-electron chi connectivity index (χ1n) is 9.71. The van der Waals surface area contributed by atoms with E-state index in [1.54, 1.807) is 48.5 Å². The van der Waals surface area contributed by atoms with Crippen molar-refractivity contribution in [1.29, 1.82) is 5.26 Å². The number of amides is 2. The quantitative estimate of drug-likeness (QED) is 0.597. The Morgan fingerprint density at radius 1 is 0.867 bits per heavy atom. The Hall–Kier alpha value is -3.91. The Bertz CT molecular complexity index is 1130. The highest BCUT2D eigenvalue weighted by atomic mass is 16.2. The monoisotopic (exact) mass is 397 g/mol. The van der Waals surface area contributed by atoms with Crippen molar-refractivity contribution in [2.24, 2.45) is 0 Å². The van der Waals surface area contributed by atoms with Gasteiger partial charge in [0.2, 0.25) is 0 Å². The van der Waals surface area contributed by atoms with Crippen molar-refractivity contribution in [3.63, 3.8) is 0 Å². The zero-order valence-electron chi connectivity index (χ0n) is 17.2. The van der Waals surface area contributed by atoms with Crippen LogP contribution in [0.4, 0.5) is 11.4 Å². The Morgan fingerprint density at radius 3 is 2.07 bits per heavy atom. The van der Waals surface area contributed by atoms with E-state index >= 15 is 0 Å². The number of nitrogens with zero attached hydrogens (tertiary/aromatic N) is 1. The minimum Gasteiger partial charge on any atom is -0.322 e. The lowest BCUT2D eigenvalue weighted by Crippen LogP contribution is -2.17. The van der Waals surface area contributed by atoms with E-state index in [4.69, 9.17) is 5.26 Å². The molecule has 0 aromatic heterocycles. The summed E-state index contributed by atoms with van der Waals surface area (Å²) in [5, 5.41) is 14.6. The zero-order chi connectivity index (χ0) is 21.7. The van der Waals surface area contributed by atoms with Crippen LogP contribution < -0.4 is 10.6 Å². The van der Waals surface area contributed by atoms with Gasteiger partial charge in [-0.15, -0.1) is 0 Å². The van der Waals surface area contributed by atoms with Crippen molar-refractivity contribution in [2.45, 2.75) is 26.7 Å². The van der Waals surface area contributed by atoms with Crippen LogP contribution in [0.25, 0.3) is 0 Å². The summed E-state index contributed by atoms with van der Waals surface area (Å²) in [5.74, 6) is -0.322. The normalized spacial score (nSPS) is 10.4. The standard InChI is InChI=1S/C25H23N3O2/c1-16(2)22-9-4-6-17(3)23(22)28-25(30)20-8-5-7-19(14-20)24(29)27-21-12-10-18(15-26)11-13-21/h4-14,16H,1-3H3,(H,27,29)(H,28,30). The predicted molar refractivity (Wildman–Crippen MR) is 119 cm³/mol. The Labute approximate surface area is 176 Å². The molecular formula is C25H23N3O2. The van der Waals surface area contributed by atoms with E-state index in [-0.39, 0.29) is 17.7 Å². The molecule has 3 aromatic rings. The molecule has 0 radical (unpaired) electrons. The van der Waals surface area contributed by atoms with Crippen molar-refractivity contribution in [1.82, 2.24) is 0 Å². The van der Waals surface area contributed by atoms with E-state index in [2.05, 4.69) is 24.5 Å². The summed E-state index contributed by atoms with van der Waals surface area (Å²) in [6.07, 6.45) is 0. The van der Waals surface area contributed by atoms with E-state index in [0.717, 1.165) is 16.8 Å². The highest BCUT2D eigenvalue weighted by Crippen LogP contribution is 2.28. The molecule has 0 aliphatic rings. The molecule has 3 aromatic carbocycles. The van der Waals surface area contributed by atoms with Gasteiger partial charge in [0.25, 0.3) is 11.8 Å². The maximum Gasteiger partial charge on any atom is 0.255 e. The second-order valence-electron chi connectivity index (χ2n) is 7.37. The molecule has 0 saturated carbocycles. The number of nitrogens with one attached hydrogen (secondary N) is 2. The van der Waals surface area contributed by atoms with Gasteiger partial charge in [0.05, 0.1) is 11.6 Å². The molecule has 0 atom stereocenters. The van der Waals surface area contributed by atoms with Gasteiger partial charge in [0.15, 0.2) is 0 Å². The number of hydrogen-bond acceptors (Lipinski definition) is 3. The van der Waals surface area contributed by atoms with Crippen LogP contribution in [-0.2, 0) is 0 Å². The average molecular weight is 397 g/mol. The van der Waals surface area contributed by atoms with Gasteiger partial charge in [-0.25, -0.2) is 0 Å². The van der Waals surface area contributed by atoms with E-state index in [0.29, 0.717) is 22.4 Å². The summed E-state index contributed by atoms with van der Waals surface area (Å²) >= 11 is 0. The smallest absolute Gasteiger partial charge is 0.255 e. The number of anilines is 2. The topological polar surface area (TPSA) is 82.0 Å². The first kappa shape index (κ1) is 20.8. The molecule has 5 nitrogen and oxygen atoms in total. The molecule has 0 saturated heterocycles. The third-order valence-corrected chi connectivity index (χ3v) is 4.82.